The highest BCUT2D eigenvalue weighted by Gasteiger charge is 2.41. The molecule has 0 spiro atoms. The molecule has 3 rings (SSSR count). The van der Waals surface area contributed by atoms with Crippen molar-refractivity contribution in [1.29, 1.82) is 0 Å². The molecule has 2 aromatic heterocycles. The number of piperidine rings is 1. The van der Waals surface area contributed by atoms with Gasteiger partial charge in [0.1, 0.15) is 5.01 Å². The SMILES string of the molecule is Cc1cc(=O)n2nc(CN3CCCC(C(F)(F)F)C3)sc2n1. The van der Waals surface area contributed by atoms with Crippen molar-refractivity contribution < 1.29 is 13.2 Å². The van der Waals surface area contributed by atoms with E-state index in [0.717, 1.165) is 0 Å². The highest BCUT2D eigenvalue weighted by Crippen LogP contribution is 2.33. The first-order valence-corrected chi connectivity index (χ1v) is 7.80. The molecule has 3 heterocycles. The van der Waals surface area contributed by atoms with Gasteiger partial charge in [0.05, 0.1) is 12.5 Å². The molecule has 1 unspecified atom stereocenters. The first kappa shape index (κ1) is 15.4. The second-order valence-corrected chi connectivity index (χ2v) is 6.58. The third-order valence-corrected chi connectivity index (χ3v) is 4.64. The standard InChI is InChI=1S/C13H15F3N4OS/c1-8-5-11(21)20-12(17-8)22-10(18-20)7-19-4-2-3-9(6-19)13(14,15)16/h5,9H,2-4,6-7H2,1H3. The molecule has 0 aromatic carbocycles. The van der Waals surface area contributed by atoms with Gasteiger partial charge in [0.25, 0.3) is 5.56 Å². The van der Waals surface area contributed by atoms with Gasteiger partial charge in [-0.25, -0.2) is 4.98 Å². The number of rotatable bonds is 2. The Morgan fingerprint density at radius 2 is 2.23 bits per heavy atom. The molecule has 1 aliphatic heterocycles. The predicted molar refractivity (Wildman–Crippen MR) is 75.9 cm³/mol. The second kappa shape index (κ2) is 5.62. The molecule has 1 fully saturated rings. The molecule has 0 radical (unpaired) electrons. The van der Waals surface area contributed by atoms with E-state index in [-0.39, 0.29) is 18.5 Å². The van der Waals surface area contributed by atoms with E-state index in [1.54, 1.807) is 11.8 Å². The number of alkyl halides is 3. The number of aryl methyl sites for hydroxylation is 1. The number of hydrogen-bond donors (Lipinski definition) is 0. The average Bonchev–Trinajstić information content (AvgIpc) is 2.80. The van der Waals surface area contributed by atoms with E-state index in [4.69, 9.17) is 0 Å². The molecule has 0 aliphatic carbocycles. The molecule has 5 nitrogen and oxygen atoms in total. The van der Waals surface area contributed by atoms with Crippen LogP contribution in [0.1, 0.15) is 23.5 Å². The molecule has 1 aliphatic rings. The van der Waals surface area contributed by atoms with Crippen LogP contribution in [0.5, 0.6) is 0 Å². The van der Waals surface area contributed by atoms with E-state index in [1.165, 1.54) is 21.9 Å². The molecule has 1 saturated heterocycles. The molecule has 120 valence electrons. The Kier molecular flexibility index (Phi) is 3.94. The van der Waals surface area contributed by atoms with E-state index >= 15 is 0 Å². The summed E-state index contributed by atoms with van der Waals surface area (Å²) >= 11 is 1.25. The number of fused-ring (bicyclic) bond motifs is 1. The predicted octanol–water partition coefficient (Wildman–Crippen LogP) is 2.23. The monoisotopic (exact) mass is 332 g/mol. The van der Waals surface area contributed by atoms with Crippen LogP contribution in [0, 0.1) is 12.8 Å². The zero-order valence-corrected chi connectivity index (χ0v) is 12.7. The molecule has 2 aromatic rings. The van der Waals surface area contributed by atoms with Crippen LogP contribution in [0.2, 0.25) is 0 Å². The van der Waals surface area contributed by atoms with Gasteiger partial charge in [-0.1, -0.05) is 11.3 Å². The maximum Gasteiger partial charge on any atom is 0.393 e. The van der Waals surface area contributed by atoms with E-state index in [2.05, 4.69) is 10.1 Å². The average molecular weight is 332 g/mol. The lowest BCUT2D eigenvalue weighted by molar-refractivity contribution is -0.187. The first-order valence-electron chi connectivity index (χ1n) is 6.98. The van der Waals surface area contributed by atoms with E-state index in [0.29, 0.717) is 35.2 Å². The normalized spacial score (nSPS) is 20.6. The van der Waals surface area contributed by atoms with Gasteiger partial charge >= 0.3 is 6.18 Å². The van der Waals surface area contributed by atoms with Crippen LogP contribution in [0.15, 0.2) is 10.9 Å². The molecule has 0 saturated carbocycles. The summed E-state index contributed by atoms with van der Waals surface area (Å²) in [5.74, 6) is -1.28. The number of hydrogen-bond acceptors (Lipinski definition) is 5. The highest BCUT2D eigenvalue weighted by atomic mass is 32.1. The Balaban J connectivity index is 1.78. The van der Waals surface area contributed by atoms with Crippen molar-refractivity contribution >= 4 is 16.3 Å². The van der Waals surface area contributed by atoms with Crippen LogP contribution in [0.3, 0.4) is 0 Å². The van der Waals surface area contributed by atoms with Crippen molar-refractivity contribution in [1.82, 2.24) is 19.5 Å². The zero-order chi connectivity index (χ0) is 15.9. The summed E-state index contributed by atoms with van der Waals surface area (Å²) in [7, 11) is 0. The lowest BCUT2D eigenvalue weighted by atomic mass is 9.98. The summed E-state index contributed by atoms with van der Waals surface area (Å²) < 4.78 is 39.7. The molecular weight excluding hydrogens is 317 g/mol. The zero-order valence-electron chi connectivity index (χ0n) is 11.9. The molecule has 0 N–H and O–H groups in total. The molecule has 0 amide bonds. The number of likely N-dealkylation sites (tertiary alicyclic amines) is 1. The van der Waals surface area contributed by atoms with Crippen molar-refractivity contribution in [3.63, 3.8) is 0 Å². The van der Waals surface area contributed by atoms with Crippen LogP contribution in [-0.4, -0.2) is 38.8 Å². The first-order chi connectivity index (χ1) is 10.3. The minimum atomic E-state index is -4.15. The minimum Gasteiger partial charge on any atom is -0.296 e. The number of nitrogens with zero attached hydrogens (tertiary/aromatic N) is 4. The molecule has 22 heavy (non-hydrogen) atoms. The Bertz CT molecular complexity index is 739. The molecule has 1 atom stereocenters. The van der Waals surface area contributed by atoms with E-state index in [9.17, 15) is 18.0 Å². The fraction of sp³-hybridized carbons (Fsp3) is 0.615. The van der Waals surface area contributed by atoms with Gasteiger partial charge < -0.3 is 0 Å². The fourth-order valence-corrected chi connectivity index (χ4v) is 3.67. The van der Waals surface area contributed by atoms with Gasteiger partial charge in [0.2, 0.25) is 4.96 Å². The fourth-order valence-electron chi connectivity index (χ4n) is 2.68. The summed E-state index contributed by atoms with van der Waals surface area (Å²) in [4.78, 5) is 18.2. The third kappa shape index (κ3) is 3.14. The summed E-state index contributed by atoms with van der Waals surface area (Å²) in [5.41, 5.74) is 0.340. The largest absolute Gasteiger partial charge is 0.393 e. The lowest BCUT2D eigenvalue weighted by Gasteiger charge is -2.32. The number of aromatic nitrogens is 3. The lowest BCUT2D eigenvalue weighted by Crippen LogP contribution is -2.41. The minimum absolute atomic E-state index is 0.0131. The van der Waals surface area contributed by atoms with Crippen LogP contribution in [0.4, 0.5) is 13.2 Å². The van der Waals surface area contributed by atoms with Crippen molar-refractivity contribution in [3.05, 3.63) is 27.1 Å². The van der Waals surface area contributed by atoms with Crippen LogP contribution in [-0.2, 0) is 6.54 Å². The Labute approximate surface area is 128 Å². The van der Waals surface area contributed by atoms with Crippen molar-refractivity contribution in [2.45, 2.75) is 32.5 Å². The van der Waals surface area contributed by atoms with Crippen LogP contribution < -0.4 is 5.56 Å². The van der Waals surface area contributed by atoms with Gasteiger partial charge in [-0.3, -0.25) is 9.69 Å². The summed E-state index contributed by atoms with van der Waals surface area (Å²) in [5, 5.41) is 4.78. The molecule has 0 bridgehead atoms. The van der Waals surface area contributed by atoms with E-state index in [1.807, 2.05) is 0 Å². The Hall–Kier alpha value is -1.48. The maximum atomic E-state index is 12.8. The molecule has 9 heteroatoms. The van der Waals surface area contributed by atoms with Gasteiger partial charge in [0.15, 0.2) is 0 Å². The summed E-state index contributed by atoms with van der Waals surface area (Å²) in [6, 6.07) is 1.39. The van der Waals surface area contributed by atoms with Crippen LogP contribution >= 0.6 is 11.3 Å². The van der Waals surface area contributed by atoms with Gasteiger partial charge in [-0.2, -0.15) is 22.8 Å². The quantitative estimate of drug-likeness (QED) is 0.846. The van der Waals surface area contributed by atoms with Crippen molar-refractivity contribution in [2.75, 3.05) is 13.1 Å². The van der Waals surface area contributed by atoms with E-state index < -0.39 is 12.1 Å². The Morgan fingerprint density at radius 3 is 2.95 bits per heavy atom. The second-order valence-electron chi connectivity index (χ2n) is 5.54. The van der Waals surface area contributed by atoms with Gasteiger partial charge in [0, 0.05) is 18.3 Å². The Morgan fingerprint density at radius 1 is 1.45 bits per heavy atom. The molecular formula is C13H15F3N4OS. The van der Waals surface area contributed by atoms with Gasteiger partial charge in [-0.15, -0.1) is 0 Å². The van der Waals surface area contributed by atoms with Crippen LogP contribution in [0.25, 0.3) is 4.96 Å². The van der Waals surface area contributed by atoms with Crippen molar-refractivity contribution in [2.24, 2.45) is 5.92 Å². The number of halogens is 3. The topological polar surface area (TPSA) is 50.5 Å². The smallest absolute Gasteiger partial charge is 0.296 e. The summed E-state index contributed by atoms with van der Waals surface area (Å²) in [6.07, 6.45) is -3.45. The maximum absolute atomic E-state index is 12.8. The highest BCUT2D eigenvalue weighted by molar-refractivity contribution is 7.16. The van der Waals surface area contributed by atoms with Gasteiger partial charge in [-0.05, 0) is 26.3 Å². The third-order valence-electron chi connectivity index (χ3n) is 3.74. The summed E-state index contributed by atoms with van der Waals surface area (Å²) in [6.45, 7) is 2.64. The van der Waals surface area contributed by atoms with Crippen molar-refractivity contribution in [3.8, 4) is 0 Å².